The van der Waals surface area contributed by atoms with Crippen molar-refractivity contribution in [1.82, 2.24) is 10.4 Å². The number of rotatable bonds is 18. The van der Waals surface area contributed by atoms with Gasteiger partial charge < -0.3 is 20.5 Å². The third kappa shape index (κ3) is 12.9. The highest BCUT2D eigenvalue weighted by Gasteiger charge is 2.26. The Morgan fingerprint density at radius 3 is 1.79 bits per heavy atom. The number of nitrogens with zero attached hydrogens (tertiary/aromatic N) is 1. The summed E-state index contributed by atoms with van der Waals surface area (Å²) in [6, 6.07) is 26.4. The fourth-order valence-corrected chi connectivity index (χ4v) is 4.00. The predicted molar refractivity (Wildman–Crippen MR) is 159 cm³/mol. The maximum absolute atomic E-state index is 13.1. The van der Waals surface area contributed by atoms with Gasteiger partial charge in [-0.15, -0.1) is 0 Å². The molecule has 0 aliphatic rings. The second-order valence-corrected chi connectivity index (χ2v) is 9.83. The molecule has 0 bridgehead atoms. The van der Waals surface area contributed by atoms with E-state index in [4.69, 9.17) is 20.0 Å². The Balaban J connectivity index is 1.62. The van der Waals surface area contributed by atoms with Crippen molar-refractivity contribution >= 4 is 23.8 Å². The molecule has 228 valence electrons. The van der Waals surface area contributed by atoms with Gasteiger partial charge in [0.25, 0.3) is 0 Å². The third-order valence-corrected chi connectivity index (χ3v) is 6.36. The second kappa shape index (κ2) is 18.8. The van der Waals surface area contributed by atoms with Gasteiger partial charge in [0.15, 0.2) is 0 Å². The molecule has 0 radical (unpaired) electrons. The molecular weight excluding hydrogens is 550 g/mol. The highest BCUT2D eigenvalue weighted by atomic mass is 16.7. The highest BCUT2D eigenvalue weighted by Crippen LogP contribution is 2.10. The molecule has 0 aliphatic heterocycles. The van der Waals surface area contributed by atoms with Crippen LogP contribution in [0.5, 0.6) is 0 Å². The molecule has 0 spiro atoms. The van der Waals surface area contributed by atoms with Crippen molar-refractivity contribution in [2.45, 2.75) is 58.0 Å². The SMILES string of the molecule is NCCCCC(=O)N(CC(=O)N[C@@H](CCC(=O)OCc1ccccc1)C(=O)OCc1ccccc1)OCc1ccccc1. The average Bonchev–Trinajstić information content (AvgIpc) is 3.04. The molecule has 3 rings (SSSR count). The first-order chi connectivity index (χ1) is 20.9. The third-order valence-electron chi connectivity index (χ3n) is 6.36. The van der Waals surface area contributed by atoms with Crippen LogP contribution in [0.25, 0.3) is 0 Å². The van der Waals surface area contributed by atoms with Crippen molar-refractivity contribution in [3.8, 4) is 0 Å². The Labute approximate surface area is 252 Å². The van der Waals surface area contributed by atoms with E-state index in [1.807, 2.05) is 78.9 Å². The van der Waals surface area contributed by atoms with Gasteiger partial charge in [-0.1, -0.05) is 91.0 Å². The average molecular weight is 590 g/mol. The van der Waals surface area contributed by atoms with Gasteiger partial charge >= 0.3 is 11.9 Å². The van der Waals surface area contributed by atoms with Crippen molar-refractivity contribution < 1.29 is 33.5 Å². The molecule has 0 aliphatic carbocycles. The van der Waals surface area contributed by atoms with Gasteiger partial charge in [-0.05, 0) is 42.5 Å². The van der Waals surface area contributed by atoms with Crippen molar-refractivity contribution in [3.05, 3.63) is 108 Å². The maximum atomic E-state index is 13.1. The van der Waals surface area contributed by atoms with E-state index in [1.165, 1.54) is 0 Å². The van der Waals surface area contributed by atoms with Crippen LogP contribution >= 0.6 is 0 Å². The summed E-state index contributed by atoms with van der Waals surface area (Å²) in [5.74, 6) is -2.26. The molecular formula is C33H39N3O7. The number of hydrogen-bond acceptors (Lipinski definition) is 8. The van der Waals surface area contributed by atoms with E-state index in [2.05, 4.69) is 5.32 Å². The van der Waals surface area contributed by atoms with Gasteiger partial charge in [0, 0.05) is 12.8 Å². The summed E-state index contributed by atoms with van der Waals surface area (Å²) >= 11 is 0. The molecule has 0 fully saturated rings. The molecule has 2 amide bonds. The number of nitrogens with one attached hydrogen (secondary N) is 1. The van der Waals surface area contributed by atoms with Crippen LogP contribution in [0.4, 0.5) is 0 Å². The number of nitrogens with two attached hydrogens (primary N) is 1. The van der Waals surface area contributed by atoms with Gasteiger partial charge in [0.1, 0.15) is 32.4 Å². The summed E-state index contributed by atoms with van der Waals surface area (Å²) in [6.45, 7) is 0.159. The van der Waals surface area contributed by atoms with E-state index in [-0.39, 0.29) is 45.0 Å². The molecule has 0 saturated heterocycles. The summed E-state index contributed by atoms with van der Waals surface area (Å²) in [5.41, 5.74) is 7.97. The van der Waals surface area contributed by atoms with Crippen LogP contribution in [-0.4, -0.2) is 47.9 Å². The van der Waals surface area contributed by atoms with Crippen LogP contribution in [0, 0.1) is 0 Å². The van der Waals surface area contributed by atoms with E-state index in [1.54, 1.807) is 12.1 Å². The van der Waals surface area contributed by atoms with Crippen molar-refractivity contribution in [1.29, 1.82) is 0 Å². The minimum Gasteiger partial charge on any atom is -0.461 e. The summed E-state index contributed by atoms with van der Waals surface area (Å²) in [7, 11) is 0. The summed E-state index contributed by atoms with van der Waals surface area (Å²) in [6.07, 6.45) is 1.16. The highest BCUT2D eigenvalue weighted by molar-refractivity contribution is 5.88. The lowest BCUT2D eigenvalue weighted by atomic mass is 10.1. The fourth-order valence-electron chi connectivity index (χ4n) is 4.00. The number of hydrogen-bond donors (Lipinski definition) is 2. The lowest BCUT2D eigenvalue weighted by Crippen LogP contribution is -2.47. The quantitative estimate of drug-likeness (QED) is 0.130. The number of carbonyl (C=O) groups is 4. The monoisotopic (exact) mass is 589 g/mol. The molecule has 10 heteroatoms. The van der Waals surface area contributed by atoms with Crippen LogP contribution in [0.2, 0.25) is 0 Å². The van der Waals surface area contributed by atoms with Crippen LogP contribution in [-0.2, 0) is 53.3 Å². The zero-order valence-electron chi connectivity index (χ0n) is 24.2. The zero-order valence-corrected chi connectivity index (χ0v) is 24.2. The van der Waals surface area contributed by atoms with Gasteiger partial charge in [-0.2, -0.15) is 0 Å². The number of unbranched alkanes of at least 4 members (excludes halogenated alkanes) is 1. The lowest BCUT2D eigenvalue weighted by Gasteiger charge is -2.23. The zero-order chi connectivity index (χ0) is 30.7. The molecule has 3 aromatic rings. The largest absolute Gasteiger partial charge is 0.461 e. The summed E-state index contributed by atoms with van der Waals surface area (Å²) in [4.78, 5) is 57.2. The molecule has 3 N–H and O–H groups in total. The predicted octanol–water partition coefficient (Wildman–Crippen LogP) is 3.83. The minimum absolute atomic E-state index is 0.00353. The Bertz CT molecular complexity index is 1270. The van der Waals surface area contributed by atoms with Crippen molar-refractivity contribution in [2.24, 2.45) is 5.73 Å². The first-order valence-electron chi connectivity index (χ1n) is 14.3. The van der Waals surface area contributed by atoms with Crippen LogP contribution in [0.15, 0.2) is 91.0 Å². The van der Waals surface area contributed by atoms with E-state index in [9.17, 15) is 19.2 Å². The Morgan fingerprint density at radius 2 is 1.23 bits per heavy atom. The van der Waals surface area contributed by atoms with Crippen LogP contribution < -0.4 is 11.1 Å². The topological polar surface area (TPSA) is 137 Å². The lowest BCUT2D eigenvalue weighted by molar-refractivity contribution is -0.193. The second-order valence-electron chi connectivity index (χ2n) is 9.83. The van der Waals surface area contributed by atoms with Gasteiger partial charge in [0.05, 0.1) is 0 Å². The minimum atomic E-state index is -1.15. The van der Waals surface area contributed by atoms with E-state index in [0.29, 0.717) is 19.4 Å². The first-order valence-corrected chi connectivity index (χ1v) is 14.3. The molecule has 0 heterocycles. The van der Waals surface area contributed by atoms with E-state index >= 15 is 0 Å². The molecule has 43 heavy (non-hydrogen) atoms. The Hall–Kier alpha value is -4.54. The summed E-state index contributed by atoms with van der Waals surface area (Å²) < 4.78 is 10.8. The number of esters is 2. The number of amides is 2. The Morgan fingerprint density at radius 1 is 0.698 bits per heavy atom. The first kappa shape index (κ1) is 33.0. The maximum Gasteiger partial charge on any atom is 0.328 e. The molecule has 0 unspecified atom stereocenters. The molecule has 0 saturated carbocycles. The molecule has 10 nitrogen and oxygen atoms in total. The Kier molecular flexibility index (Phi) is 14.4. The smallest absolute Gasteiger partial charge is 0.328 e. The molecule has 3 aromatic carbocycles. The molecule has 0 aromatic heterocycles. The van der Waals surface area contributed by atoms with Gasteiger partial charge in [-0.25, -0.2) is 9.86 Å². The van der Waals surface area contributed by atoms with Crippen molar-refractivity contribution in [2.75, 3.05) is 13.1 Å². The summed E-state index contributed by atoms with van der Waals surface area (Å²) in [5, 5.41) is 3.62. The van der Waals surface area contributed by atoms with Crippen LogP contribution in [0.3, 0.4) is 0 Å². The normalized spacial score (nSPS) is 11.3. The number of benzene rings is 3. The molecule has 1 atom stereocenters. The fraction of sp³-hybridized carbons (Fsp3) is 0.333. The van der Waals surface area contributed by atoms with Crippen LogP contribution in [0.1, 0.15) is 48.8 Å². The van der Waals surface area contributed by atoms with E-state index in [0.717, 1.165) is 21.8 Å². The van der Waals surface area contributed by atoms with Crippen molar-refractivity contribution in [3.63, 3.8) is 0 Å². The van der Waals surface area contributed by atoms with Gasteiger partial charge in [-0.3, -0.25) is 19.2 Å². The number of carbonyl (C=O) groups excluding carboxylic acids is 4. The standard InChI is InChI=1S/C33H39N3O7/c34-21-11-10-18-31(38)36(43-25-28-16-8-3-9-17-28)22-30(37)35-29(33(40)42-24-27-14-6-2-7-15-27)19-20-32(39)41-23-26-12-4-1-5-13-26/h1-9,12-17,29H,10-11,18-25,34H2,(H,35,37)/t29-/m0/s1. The van der Waals surface area contributed by atoms with E-state index < -0.39 is 30.4 Å². The number of ether oxygens (including phenoxy) is 2. The van der Waals surface area contributed by atoms with Gasteiger partial charge in [0.2, 0.25) is 11.8 Å². The number of hydroxylamine groups is 2.